The molecule has 0 bridgehead atoms. The van der Waals surface area contributed by atoms with Crippen LogP contribution in [0.1, 0.15) is 39.0 Å². The summed E-state index contributed by atoms with van der Waals surface area (Å²) in [6.07, 6.45) is 13.3. The van der Waals surface area contributed by atoms with Crippen LogP contribution in [0.2, 0.25) is 0 Å². The standard InChI is InChI=1S/C12H20O2/c1-3-4-5-6-7-8-9-10-11-12(13)14-2/h8-11H,3-7H2,1-2H3. The van der Waals surface area contributed by atoms with Crippen LogP contribution in [0.3, 0.4) is 0 Å². The molecule has 0 saturated heterocycles. The van der Waals surface area contributed by atoms with Gasteiger partial charge in [0, 0.05) is 6.08 Å². The van der Waals surface area contributed by atoms with E-state index in [-0.39, 0.29) is 5.97 Å². The fourth-order valence-corrected chi connectivity index (χ4v) is 1.07. The highest BCUT2D eigenvalue weighted by Gasteiger charge is 1.86. The van der Waals surface area contributed by atoms with Crippen molar-refractivity contribution in [3.05, 3.63) is 24.3 Å². The second-order valence-electron chi connectivity index (χ2n) is 3.16. The monoisotopic (exact) mass is 196 g/mol. The van der Waals surface area contributed by atoms with E-state index in [0.717, 1.165) is 6.42 Å². The summed E-state index contributed by atoms with van der Waals surface area (Å²) in [5.74, 6) is -0.305. The van der Waals surface area contributed by atoms with Gasteiger partial charge in [-0.1, -0.05) is 44.4 Å². The highest BCUT2D eigenvalue weighted by Crippen LogP contribution is 2.02. The third-order valence-electron chi connectivity index (χ3n) is 1.91. The molecule has 0 amide bonds. The van der Waals surface area contributed by atoms with Crippen LogP contribution in [-0.2, 0) is 9.53 Å². The molecule has 0 saturated carbocycles. The Bertz CT molecular complexity index is 192. The van der Waals surface area contributed by atoms with Crippen LogP contribution < -0.4 is 0 Å². The molecule has 0 aliphatic rings. The van der Waals surface area contributed by atoms with Crippen LogP contribution >= 0.6 is 0 Å². The molecule has 0 N–H and O–H groups in total. The lowest BCUT2D eigenvalue weighted by Gasteiger charge is -1.92. The number of rotatable bonds is 7. The van der Waals surface area contributed by atoms with Crippen LogP contribution in [0.4, 0.5) is 0 Å². The van der Waals surface area contributed by atoms with Crippen molar-refractivity contribution in [2.45, 2.75) is 39.0 Å². The van der Waals surface area contributed by atoms with Gasteiger partial charge in [0.2, 0.25) is 0 Å². The molecule has 0 fully saturated rings. The number of hydrogen-bond donors (Lipinski definition) is 0. The van der Waals surface area contributed by atoms with Gasteiger partial charge in [0.15, 0.2) is 0 Å². The number of carbonyl (C=O) groups is 1. The minimum absolute atomic E-state index is 0.305. The average molecular weight is 196 g/mol. The maximum Gasteiger partial charge on any atom is 0.330 e. The third-order valence-corrected chi connectivity index (χ3v) is 1.91. The van der Waals surface area contributed by atoms with Crippen LogP contribution in [0.5, 0.6) is 0 Å². The Morgan fingerprint density at radius 2 is 2.00 bits per heavy atom. The summed E-state index contributed by atoms with van der Waals surface area (Å²) in [5.41, 5.74) is 0. The number of carbonyl (C=O) groups excluding carboxylic acids is 1. The van der Waals surface area contributed by atoms with Crippen molar-refractivity contribution < 1.29 is 9.53 Å². The Morgan fingerprint density at radius 3 is 2.64 bits per heavy atom. The lowest BCUT2D eigenvalue weighted by Crippen LogP contribution is -1.92. The second-order valence-corrected chi connectivity index (χ2v) is 3.16. The second kappa shape index (κ2) is 10.0. The average Bonchev–Trinajstić information content (AvgIpc) is 2.21. The summed E-state index contributed by atoms with van der Waals surface area (Å²) in [5, 5.41) is 0. The van der Waals surface area contributed by atoms with Crippen LogP contribution in [0.15, 0.2) is 24.3 Å². The molecule has 0 aromatic heterocycles. The van der Waals surface area contributed by atoms with Crippen molar-refractivity contribution in [2.75, 3.05) is 7.11 Å². The molecule has 0 unspecified atom stereocenters. The quantitative estimate of drug-likeness (QED) is 0.270. The van der Waals surface area contributed by atoms with E-state index < -0.39 is 0 Å². The van der Waals surface area contributed by atoms with Gasteiger partial charge in [-0.2, -0.15) is 0 Å². The predicted octanol–water partition coefficient (Wildman–Crippen LogP) is 3.24. The SMILES string of the molecule is CCCCCCC=CC=CC(=O)OC. The van der Waals surface area contributed by atoms with Gasteiger partial charge in [0.25, 0.3) is 0 Å². The first-order chi connectivity index (χ1) is 6.81. The molecular formula is C12H20O2. The lowest BCUT2D eigenvalue weighted by atomic mass is 10.1. The zero-order chi connectivity index (χ0) is 10.6. The van der Waals surface area contributed by atoms with Gasteiger partial charge in [0.1, 0.15) is 0 Å². The van der Waals surface area contributed by atoms with Gasteiger partial charge in [0.05, 0.1) is 7.11 Å². The smallest absolute Gasteiger partial charge is 0.330 e. The van der Waals surface area contributed by atoms with Gasteiger partial charge in [-0.3, -0.25) is 0 Å². The lowest BCUT2D eigenvalue weighted by molar-refractivity contribution is -0.134. The van der Waals surface area contributed by atoms with E-state index in [1.807, 2.05) is 6.08 Å². The summed E-state index contributed by atoms with van der Waals surface area (Å²) in [6, 6.07) is 0. The van der Waals surface area contributed by atoms with Crippen molar-refractivity contribution in [1.82, 2.24) is 0 Å². The Labute approximate surface area is 86.6 Å². The van der Waals surface area contributed by atoms with Crippen molar-refractivity contribution in [2.24, 2.45) is 0 Å². The summed E-state index contributed by atoms with van der Waals surface area (Å²) >= 11 is 0. The number of ether oxygens (including phenoxy) is 1. The molecule has 2 nitrogen and oxygen atoms in total. The van der Waals surface area contributed by atoms with Crippen LogP contribution in [0, 0.1) is 0 Å². The molecule has 0 aromatic rings. The minimum Gasteiger partial charge on any atom is -0.466 e. The third kappa shape index (κ3) is 9.04. The van der Waals surface area contributed by atoms with E-state index >= 15 is 0 Å². The fourth-order valence-electron chi connectivity index (χ4n) is 1.07. The van der Waals surface area contributed by atoms with Gasteiger partial charge < -0.3 is 4.74 Å². The maximum atomic E-state index is 10.6. The zero-order valence-electron chi connectivity index (χ0n) is 9.16. The number of methoxy groups -OCH3 is 1. The molecule has 0 spiro atoms. The Balaban J connectivity index is 3.35. The van der Waals surface area contributed by atoms with Crippen LogP contribution in [-0.4, -0.2) is 13.1 Å². The van der Waals surface area contributed by atoms with Gasteiger partial charge >= 0.3 is 5.97 Å². The van der Waals surface area contributed by atoms with E-state index in [1.54, 1.807) is 6.08 Å². The van der Waals surface area contributed by atoms with E-state index in [9.17, 15) is 4.79 Å². The van der Waals surface area contributed by atoms with Gasteiger partial charge in [-0.25, -0.2) is 4.79 Å². The van der Waals surface area contributed by atoms with Crippen molar-refractivity contribution in [3.63, 3.8) is 0 Å². The first-order valence-electron chi connectivity index (χ1n) is 5.22. The summed E-state index contributed by atoms with van der Waals surface area (Å²) in [6.45, 7) is 2.20. The zero-order valence-corrected chi connectivity index (χ0v) is 9.16. The van der Waals surface area contributed by atoms with Crippen molar-refractivity contribution >= 4 is 5.97 Å². The normalized spacial score (nSPS) is 11.3. The number of esters is 1. The largest absolute Gasteiger partial charge is 0.466 e. The molecule has 0 atom stereocenters. The van der Waals surface area contributed by atoms with E-state index in [1.165, 1.54) is 38.9 Å². The summed E-state index contributed by atoms with van der Waals surface area (Å²) in [7, 11) is 1.38. The Morgan fingerprint density at radius 1 is 1.21 bits per heavy atom. The van der Waals surface area contributed by atoms with Crippen molar-refractivity contribution in [3.8, 4) is 0 Å². The molecule has 0 aliphatic carbocycles. The minimum atomic E-state index is -0.305. The summed E-state index contributed by atoms with van der Waals surface area (Å²) in [4.78, 5) is 10.6. The molecule has 0 aliphatic heterocycles. The first kappa shape index (κ1) is 12.9. The molecule has 0 radical (unpaired) electrons. The molecule has 0 heterocycles. The Kier molecular flexibility index (Phi) is 9.28. The molecule has 80 valence electrons. The number of hydrogen-bond acceptors (Lipinski definition) is 2. The number of unbranched alkanes of at least 4 members (excludes halogenated alkanes) is 4. The molecule has 0 aromatic carbocycles. The van der Waals surface area contributed by atoms with Crippen LogP contribution in [0.25, 0.3) is 0 Å². The number of allylic oxidation sites excluding steroid dienone is 3. The van der Waals surface area contributed by atoms with Gasteiger partial charge in [-0.05, 0) is 12.8 Å². The van der Waals surface area contributed by atoms with E-state index in [2.05, 4.69) is 17.7 Å². The molecule has 14 heavy (non-hydrogen) atoms. The summed E-state index contributed by atoms with van der Waals surface area (Å²) < 4.78 is 4.45. The molecule has 0 rings (SSSR count). The van der Waals surface area contributed by atoms with E-state index in [4.69, 9.17) is 0 Å². The topological polar surface area (TPSA) is 26.3 Å². The highest BCUT2D eigenvalue weighted by atomic mass is 16.5. The Hall–Kier alpha value is -1.05. The molecular weight excluding hydrogens is 176 g/mol. The fraction of sp³-hybridized carbons (Fsp3) is 0.583. The predicted molar refractivity (Wildman–Crippen MR) is 59.1 cm³/mol. The van der Waals surface area contributed by atoms with E-state index in [0.29, 0.717) is 0 Å². The first-order valence-corrected chi connectivity index (χ1v) is 5.22. The molecule has 2 heteroatoms. The maximum absolute atomic E-state index is 10.6. The van der Waals surface area contributed by atoms with Crippen molar-refractivity contribution in [1.29, 1.82) is 0 Å². The highest BCUT2D eigenvalue weighted by molar-refractivity contribution is 5.82. The van der Waals surface area contributed by atoms with Gasteiger partial charge in [-0.15, -0.1) is 0 Å².